The molecule has 2 aliphatic heterocycles. The second-order valence-corrected chi connectivity index (χ2v) is 6.74. The van der Waals surface area contributed by atoms with E-state index in [1.807, 2.05) is 23.1 Å². The molecule has 7 nitrogen and oxygen atoms in total. The second-order valence-electron chi connectivity index (χ2n) is 6.74. The van der Waals surface area contributed by atoms with Crippen molar-refractivity contribution in [2.75, 3.05) is 24.7 Å². The van der Waals surface area contributed by atoms with Crippen molar-refractivity contribution >= 4 is 11.5 Å². The first-order valence-corrected chi connectivity index (χ1v) is 8.96. The van der Waals surface area contributed by atoms with E-state index in [0.29, 0.717) is 37.1 Å². The molecule has 1 atom stereocenters. The van der Waals surface area contributed by atoms with Crippen LogP contribution in [0.3, 0.4) is 0 Å². The zero-order valence-electron chi connectivity index (χ0n) is 14.7. The van der Waals surface area contributed by atoms with Gasteiger partial charge in [-0.3, -0.25) is 0 Å². The van der Waals surface area contributed by atoms with Gasteiger partial charge >= 0.3 is 6.18 Å². The average molecular weight is 391 g/mol. The lowest BCUT2D eigenvalue weighted by atomic mass is 10.0. The number of hydrogen-bond acceptors (Lipinski definition) is 6. The predicted octanol–water partition coefficient (Wildman–Crippen LogP) is 3.26. The highest BCUT2D eigenvalue weighted by molar-refractivity contribution is 5.51. The summed E-state index contributed by atoms with van der Waals surface area (Å²) in [5.41, 5.74) is 1.08. The lowest BCUT2D eigenvalue weighted by Gasteiger charge is -2.27. The molecule has 5 rings (SSSR count). The summed E-state index contributed by atoms with van der Waals surface area (Å²) in [6.07, 6.45) is -2.84. The first-order chi connectivity index (χ1) is 13.5. The quantitative estimate of drug-likeness (QED) is 0.668. The third kappa shape index (κ3) is 2.79. The van der Waals surface area contributed by atoms with E-state index in [-0.39, 0.29) is 11.7 Å². The van der Waals surface area contributed by atoms with E-state index in [1.54, 1.807) is 6.07 Å². The molecule has 1 saturated heterocycles. The van der Waals surface area contributed by atoms with E-state index >= 15 is 0 Å². The Bertz CT molecular complexity index is 1040. The minimum Gasteiger partial charge on any atom is -0.486 e. The van der Waals surface area contributed by atoms with Crippen molar-refractivity contribution in [2.45, 2.75) is 25.1 Å². The zero-order chi connectivity index (χ0) is 19.3. The summed E-state index contributed by atoms with van der Waals surface area (Å²) in [7, 11) is 0. The number of alkyl halides is 3. The van der Waals surface area contributed by atoms with Crippen LogP contribution >= 0.6 is 0 Å². The Morgan fingerprint density at radius 1 is 1.00 bits per heavy atom. The van der Waals surface area contributed by atoms with Crippen LogP contribution in [0.2, 0.25) is 0 Å². The SMILES string of the molecule is FC(F)(F)c1nnc2ccc(N3CCCC3c3ccc4c(c3)OCCO4)nn12. The number of benzene rings is 1. The van der Waals surface area contributed by atoms with Crippen molar-refractivity contribution in [3.8, 4) is 11.5 Å². The van der Waals surface area contributed by atoms with E-state index in [0.717, 1.165) is 22.9 Å². The van der Waals surface area contributed by atoms with E-state index in [2.05, 4.69) is 15.3 Å². The van der Waals surface area contributed by atoms with Gasteiger partial charge in [0.2, 0.25) is 0 Å². The van der Waals surface area contributed by atoms with Gasteiger partial charge in [0.15, 0.2) is 17.1 Å². The number of ether oxygens (including phenoxy) is 2. The van der Waals surface area contributed by atoms with Crippen molar-refractivity contribution in [1.82, 2.24) is 19.8 Å². The van der Waals surface area contributed by atoms with Crippen LogP contribution in [0.4, 0.5) is 19.0 Å². The van der Waals surface area contributed by atoms with Crippen LogP contribution in [0, 0.1) is 0 Å². The van der Waals surface area contributed by atoms with Crippen molar-refractivity contribution in [3.63, 3.8) is 0 Å². The predicted molar refractivity (Wildman–Crippen MR) is 92.5 cm³/mol. The highest BCUT2D eigenvalue weighted by Gasteiger charge is 2.38. The molecule has 2 aromatic heterocycles. The highest BCUT2D eigenvalue weighted by Crippen LogP contribution is 2.40. The topological polar surface area (TPSA) is 64.8 Å². The van der Waals surface area contributed by atoms with Crippen molar-refractivity contribution in [1.29, 1.82) is 0 Å². The number of hydrogen-bond donors (Lipinski definition) is 0. The lowest BCUT2D eigenvalue weighted by molar-refractivity contribution is -0.146. The first kappa shape index (κ1) is 17.1. The summed E-state index contributed by atoms with van der Waals surface area (Å²) < 4.78 is 51.5. The van der Waals surface area contributed by atoms with Crippen molar-refractivity contribution in [3.05, 3.63) is 41.7 Å². The van der Waals surface area contributed by atoms with Gasteiger partial charge in [0, 0.05) is 6.54 Å². The van der Waals surface area contributed by atoms with E-state index in [9.17, 15) is 13.2 Å². The third-order valence-corrected chi connectivity index (χ3v) is 5.00. The Morgan fingerprint density at radius 2 is 1.82 bits per heavy atom. The molecule has 146 valence electrons. The van der Waals surface area contributed by atoms with Crippen LogP contribution in [0.15, 0.2) is 30.3 Å². The maximum Gasteiger partial charge on any atom is 0.453 e. The first-order valence-electron chi connectivity index (χ1n) is 8.96. The summed E-state index contributed by atoms with van der Waals surface area (Å²) in [5, 5.41) is 11.0. The van der Waals surface area contributed by atoms with Crippen LogP contribution in [-0.4, -0.2) is 39.6 Å². The standard InChI is InChI=1S/C18H16F3N5O2/c19-18(20,21)17-23-22-15-5-6-16(24-26(15)17)25-7-1-2-12(25)11-3-4-13-14(10-11)28-9-8-27-13/h3-6,10,12H,1-2,7-9H2. The van der Waals surface area contributed by atoms with Gasteiger partial charge in [-0.1, -0.05) is 6.07 Å². The molecule has 0 saturated carbocycles. The highest BCUT2D eigenvalue weighted by atomic mass is 19.4. The average Bonchev–Trinajstić information content (AvgIpc) is 3.33. The van der Waals surface area contributed by atoms with Gasteiger partial charge in [0.25, 0.3) is 5.82 Å². The fourth-order valence-electron chi connectivity index (χ4n) is 3.76. The molecule has 0 spiro atoms. The molecule has 1 fully saturated rings. The molecule has 1 unspecified atom stereocenters. The molecule has 0 N–H and O–H groups in total. The van der Waals surface area contributed by atoms with E-state index in [1.165, 1.54) is 6.07 Å². The Hall–Kier alpha value is -3.04. The fraction of sp³-hybridized carbons (Fsp3) is 0.389. The lowest BCUT2D eigenvalue weighted by Crippen LogP contribution is -2.25. The Labute approximate surface area is 157 Å². The van der Waals surface area contributed by atoms with Crippen molar-refractivity contribution in [2.24, 2.45) is 0 Å². The second kappa shape index (κ2) is 6.25. The fourth-order valence-corrected chi connectivity index (χ4v) is 3.76. The number of fused-ring (bicyclic) bond motifs is 2. The molecule has 0 amide bonds. The number of anilines is 1. The minimum absolute atomic E-state index is 0.00778. The molecule has 10 heteroatoms. The molecule has 28 heavy (non-hydrogen) atoms. The molecule has 0 radical (unpaired) electrons. The van der Waals surface area contributed by atoms with Gasteiger partial charge in [0.1, 0.15) is 19.0 Å². The monoisotopic (exact) mass is 391 g/mol. The summed E-state index contributed by atoms with van der Waals surface area (Å²) in [6.45, 7) is 1.71. The van der Waals surface area contributed by atoms with Gasteiger partial charge in [-0.25, -0.2) is 0 Å². The molecule has 3 aromatic rings. The smallest absolute Gasteiger partial charge is 0.453 e. The molecule has 0 aliphatic carbocycles. The molecular formula is C18H16F3N5O2. The number of aromatic nitrogens is 4. The van der Waals surface area contributed by atoms with Crippen molar-refractivity contribution < 1.29 is 22.6 Å². The maximum atomic E-state index is 13.2. The van der Waals surface area contributed by atoms with Gasteiger partial charge in [-0.2, -0.15) is 17.7 Å². The van der Waals surface area contributed by atoms with Gasteiger partial charge in [0.05, 0.1) is 6.04 Å². The number of halogens is 3. The molecular weight excluding hydrogens is 375 g/mol. The molecule has 4 heterocycles. The summed E-state index contributed by atoms with van der Waals surface area (Å²) in [4.78, 5) is 2.00. The van der Waals surface area contributed by atoms with Gasteiger partial charge in [-0.15, -0.1) is 15.3 Å². The Kier molecular flexibility index (Phi) is 3.81. The molecule has 2 aliphatic rings. The summed E-state index contributed by atoms with van der Waals surface area (Å²) in [5.74, 6) is 0.727. The number of nitrogens with zero attached hydrogens (tertiary/aromatic N) is 5. The maximum absolute atomic E-state index is 13.2. The number of rotatable bonds is 2. The van der Waals surface area contributed by atoms with Crippen LogP contribution in [0.5, 0.6) is 11.5 Å². The van der Waals surface area contributed by atoms with E-state index < -0.39 is 12.0 Å². The Balaban J connectivity index is 1.52. The minimum atomic E-state index is -4.62. The van der Waals surface area contributed by atoms with Crippen LogP contribution in [0.1, 0.15) is 30.3 Å². The van der Waals surface area contributed by atoms with Crippen LogP contribution < -0.4 is 14.4 Å². The zero-order valence-corrected chi connectivity index (χ0v) is 14.7. The van der Waals surface area contributed by atoms with Crippen LogP contribution in [-0.2, 0) is 6.18 Å². The van der Waals surface area contributed by atoms with Crippen LogP contribution in [0.25, 0.3) is 5.65 Å². The molecule has 0 bridgehead atoms. The largest absolute Gasteiger partial charge is 0.486 e. The van der Waals surface area contributed by atoms with E-state index in [4.69, 9.17) is 9.47 Å². The molecule has 1 aromatic carbocycles. The third-order valence-electron chi connectivity index (χ3n) is 5.00. The van der Waals surface area contributed by atoms with Gasteiger partial charge in [-0.05, 0) is 42.7 Å². The normalized spacial score (nSPS) is 19.4. The Morgan fingerprint density at radius 3 is 2.64 bits per heavy atom. The van der Waals surface area contributed by atoms with Gasteiger partial charge < -0.3 is 14.4 Å². The summed E-state index contributed by atoms with van der Waals surface area (Å²) in [6, 6.07) is 8.96. The summed E-state index contributed by atoms with van der Waals surface area (Å²) >= 11 is 0.